The van der Waals surface area contributed by atoms with Gasteiger partial charge in [0.2, 0.25) is 0 Å². The first-order valence-electron chi connectivity index (χ1n) is 6.42. The maximum absolute atomic E-state index is 6.23. The van der Waals surface area contributed by atoms with Crippen LogP contribution in [0.3, 0.4) is 0 Å². The summed E-state index contributed by atoms with van der Waals surface area (Å²) in [5, 5.41) is 8.06. The monoisotopic (exact) mass is 220 g/mol. The van der Waals surface area contributed by atoms with E-state index in [1.54, 1.807) is 0 Å². The van der Waals surface area contributed by atoms with Crippen LogP contribution < -0.4 is 11.1 Å². The van der Waals surface area contributed by atoms with Gasteiger partial charge in [-0.1, -0.05) is 19.3 Å². The van der Waals surface area contributed by atoms with Gasteiger partial charge in [-0.2, -0.15) is 5.10 Å². The Morgan fingerprint density at radius 2 is 2.06 bits per heavy atom. The maximum Gasteiger partial charge on any atom is 0.125 e. The van der Waals surface area contributed by atoms with Crippen LogP contribution in [0.4, 0.5) is 5.82 Å². The summed E-state index contributed by atoms with van der Waals surface area (Å²) in [6, 6.07) is 0.555. The van der Waals surface area contributed by atoms with Gasteiger partial charge in [0.15, 0.2) is 0 Å². The first kappa shape index (κ1) is 10.1. The number of nitrogens with zero attached hydrogens (tertiary/aromatic N) is 2. The molecule has 1 aliphatic heterocycles. The maximum atomic E-state index is 6.23. The van der Waals surface area contributed by atoms with Gasteiger partial charge in [0.25, 0.3) is 0 Å². The van der Waals surface area contributed by atoms with E-state index in [0.717, 1.165) is 25.3 Å². The van der Waals surface area contributed by atoms with E-state index in [2.05, 4.69) is 10.00 Å². The molecule has 2 aliphatic rings. The summed E-state index contributed by atoms with van der Waals surface area (Å²) in [7, 11) is 0. The molecule has 0 unspecified atom stereocenters. The van der Waals surface area contributed by atoms with Crippen molar-refractivity contribution in [3.63, 3.8) is 0 Å². The molecule has 0 saturated heterocycles. The molecule has 4 nitrogen and oxygen atoms in total. The molecule has 1 aromatic rings. The summed E-state index contributed by atoms with van der Waals surface area (Å²) < 4.78 is 2.11. The Morgan fingerprint density at radius 3 is 2.81 bits per heavy atom. The summed E-state index contributed by atoms with van der Waals surface area (Å²) in [6.45, 7) is 1.92. The molecule has 2 heterocycles. The van der Waals surface area contributed by atoms with Crippen molar-refractivity contribution in [2.75, 3.05) is 12.3 Å². The fourth-order valence-corrected chi connectivity index (χ4v) is 2.97. The fraction of sp³-hybridized carbons (Fsp3) is 0.750. The molecule has 4 heteroatoms. The van der Waals surface area contributed by atoms with Gasteiger partial charge in [-0.25, -0.2) is 4.68 Å². The van der Waals surface area contributed by atoms with E-state index < -0.39 is 0 Å². The van der Waals surface area contributed by atoms with Crippen LogP contribution in [-0.2, 0) is 13.0 Å². The third-order valence-electron chi connectivity index (χ3n) is 3.90. The van der Waals surface area contributed by atoms with Gasteiger partial charge in [0.05, 0.1) is 11.7 Å². The van der Waals surface area contributed by atoms with E-state index in [4.69, 9.17) is 10.8 Å². The van der Waals surface area contributed by atoms with E-state index in [1.165, 1.54) is 43.4 Å². The van der Waals surface area contributed by atoms with E-state index in [1.807, 2.05) is 0 Å². The molecule has 1 aliphatic carbocycles. The van der Waals surface area contributed by atoms with Crippen molar-refractivity contribution in [2.24, 2.45) is 0 Å². The molecule has 0 aromatic carbocycles. The molecule has 0 atom stereocenters. The number of nitrogens with one attached hydrogen (secondary N) is 1. The summed E-state index contributed by atoms with van der Waals surface area (Å²) in [5.74, 6) is 0.934. The van der Waals surface area contributed by atoms with Crippen LogP contribution in [0.15, 0.2) is 0 Å². The van der Waals surface area contributed by atoms with Crippen LogP contribution in [0.2, 0.25) is 0 Å². The van der Waals surface area contributed by atoms with Crippen molar-refractivity contribution in [2.45, 2.75) is 51.1 Å². The Kier molecular flexibility index (Phi) is 2.59. The minimum atomic E-state index is 0.555. The Hall–Kier alpha value is -1.03. The molecule has 0 spiro atoms. The van der Waals surface area contributed by atoms with Crippen molar-refractivity contribution in [1.29, 1.82) is 0 Å². The van der Waals surface area contributed by atoms with Crippen molar-refractivity contribution >= 4 is 5.82 Å². The first-order valence-corrected chi connectivity index (χ1v) is 6.42. The first-order chi connectivity index (χ1) is 7.86. The molecule has 3 N–H and O–H groups in total. The van der Waals surface area contributed by atoms with Crippen molar-refractivity contribution in [1.82, 2.24) is 15.1 Å². The Labute approximate surface area is 96.2 Å². The third-order valence-corrected chi connectivity index (χ3v) is 3.90. The Balaban J connectivity index is 1.91. The van der Waals surface area contributed by atoms with Gasteiger partial charge in [-0.05, 0) is 25.8 Å². The SMILES string of the molecule is Nc1c2c(nn1C1CCCCC1)CNCC2. The van der Waals surface area contributed by atoms with Crippen LogP contribution >= 0.6 is 0 Å². The summed E-state index contributed by atoms with van der Waals surface area (Å²) in [5.41, 5.74) is 8.70. The van der Waals surface area contributed by atoms with E-state index in [0.29, 0.717) is 6.04 Å². The van der Waals surface area contributed by atoms with Gasteiger partial charge >= 0.3 is 0 Å². The minimum absolute atomic E-state index is 0.555. The largest absolute Gasteiger partial charge is 0.384 e. The molecule has 3 rings (SSSR count). The lowest BCUT2D eigenvalue weighted by Crippen LogP contribution is -2.23. The highest BCUT2D eigenvalue weighted by atomic mass is 15.3. The molecule has 0 radical (unpaired) electrons. The van der Waals surface area contributed by atoms with Crippen LogP contribution in [-0.4, -0.2) is 16.3 Å². The van der Waals surface area contributed by atoms with Crippen molar-refractivity contribution < 1.29 is 0 Å². The standard InChI is InChI=1S/C12H20N4/c13-12-10-6-7-14-8-11(10)15-16(12)9-4-2-1-3-5-9/h9,14H,1-8,13H2. The topological polar surface area (TPSA) is 55.9 Å². The van der Waals surface area contributed by atoms with Crippen LogP contribution in [0.5, 0.6) is 0 Å². The molecule has 1 aromatic heterocycles. The second-order valence-electron chi connectivity index (χ2n) is 4.97. The number of anilines is 1. The zero-order valence-corrected chi connectivity index (χ0v) is 9.71. The summed E-state index contributed by atoms with van der Waals surface area (Å²) >= 11 is 0. The highest BCUT2D eigenvalue weighted by Gasteiger charge is 2.23. The number of nitrogen functional groups attached to an aromatic ring is 1. The third kappa shape index (κ3) is 1.61. The Morgan fingerprint density at radius 1 is 1.25 bits per heavy atom. The predicted molar refractivity (Wildman–Crippen MR) is 64.2 cm³/mol. The van der Waals surface area contributed by atoms with E-state index >= 15 is 0 Å². The van der Waals surface area contributed by atoms with Crippen LogP contribution in [0, 0.1) is 0 Å². The van der Waals surface area contributed by atoms with Gasteiger partial charge in [0.1, 0.15) is 5.82 Å². The number of hydrogen-bond acceptors (Lipinski definition) is 3. The lowest BCUT2D eigenvalue weighted by molar-refractivity contribution is 0.331. The second kappa shape index (κ2) is 4.09. The zero-order chi connectivity index (χ0) is 11.0. The quantitative estimate of drug-likeness (QED) is 0.756. The molecule has 88 valence electrons. The van der Waals surface area contributed by atoms with Gasteiger partial charge in [-0.15, -0.1) is 0 Å². The molecule has 0 bridgehead atoms. The average molecular weight is 220 g/mol. The molecular formula is C12H20N4. The predicted octanol–water partition coefficient (Wildman–Crippen LogP) is 1.62. The van der Waals surface area contributed by atoms with Crippen LogP contribution in [0.25, 0.3) is 0 Å². The van der Waals surface area contributed by atoms with Crippen molar-refractivity contribution in [3.8, 4) is 0 Å². The number of hydrogen-bond donors (Lipinski definition) is 2. The van der Waals surface area contributed by atoms with Crippen LogP contribution in [0.1, 0.15) is 49.4 Å². The lowest BCUT2D eigenvalue weighted by atomic mass is 9.95. The lowest BCUT2D eigenvalue weighted by Gasteiger charge is -2.23. The van der Waals surface area contributed by atoms with Gasteiger partial charge < -0.3 is 11.1 Å². The number of fused-ring (bicyclic) bond motifs is 1. The smallest absolute Gasteiger partial charge is 0.125 e. The number of nitrogens with two attached hydrogens (primary N) is 1. The fourth-order valence-electron chi connectivity index (χ4n) is 2.97. The van der Waals surface area contributed by atoms with Gasteiger partial charge in [0, 0.05) is 12.1 Å². The average Bonchev–Trinajstić information content (AvgIpc) is 2.69. The van der Waals surface area contributed by atoms with Gasteiger partial charge in [-0.3, -0.25) is 0 Å². The van der Waals surface area contributed by atoms with E-state index in [-0.39, 0.29) is 0 Å². The summed E-state index contributed by atoms with van der Waals surface area (Å²) in [6.07, 6.45) is 7.56. The Bertz CT molecular complexity index is 377. The second-order valence-corrected chi connectivity index (χ2v) is 4.97. The highest BCUT2D eigenvalue weighted by molar-refractivity contribution is 5.45. The molecular weight excluding hydrogens is 200 g/mol. The molecule has 16 heavy (non-hydrogen) atoms. The molecule has 0 amide bonds. The van der Waals surface area contributed by atoms with Crippen molar-refractivity contribution in [3.05, 3.63) is 11.3 Å². The minimum Gasteiger partial charge on any atom is -0.384 e. The molecule has 1 saturated carbocycles. The molecule has 1 fully saturated rings. The normalized spacial score (nSPS) is 22.0. The number of aromatic nitrogens is 2. The highest BCUT2D eigenvalue weighted by Crippen LogP contribution is 2.32. The van der Waals surface area contributed by atoms with E-state index in [9.17, 15) is 0 Å². The zero-order valence-electron chi connectivity index (χ0n) is 9.71. The summed E-state index contributed by atoms with van der Waals surface area (Å²) in [4.78, 5) is 0. The number of rotatable bonds is 1.